The highest BCUT2D eigenvalue weighted by molar-refractivity contribution is 6.33. The molecule has 2 rings (SSSR count). The first-order chi connectivity index (χ1) is 8.61. The van der Waals surface area contributed by atoms with Crippen LogP contribution in [0.25, 0.3) is 0 Å². The molecular weight excluding hydrogens is 252 g/mol. The lowest BCUT2D eigenvalue weighted by Crippen LogP contribution is -2.27. The van der Waals surface area contributed by atoms with E-state index in [0.717, 1.165) is 19.3 Å². The molecule has 18 heavy (non-hydrogen) atoms. The third kappa shape index (κ3) is 2.76. The van der Waals surface area contributed by atoms with Crippen LogP contribution in [0.4, 0.5) is 0 Å². The van der Waals surface area contributed by atoms with Crippen LogP contribution < -0.4 is 16.2 Å². The Balaban J connectivity index is 2.10. The summed E-state index contributed by atoms with van der Waals surface area (Å²) in [6, 6.07) is 4.94. The lowest BCUT2D eigenvalue weighted by molar-refractivity contribution is 0.100. The molecule has 0 radical (unpaired) electrons. The lowest BCUT2D eigenvalue weighted by atomic mass is 10.1. The maximum atomic E-state index is 11.1. The number of benzene rings is 1. The summed E-state index contributed by atoms with van der Waals surface area (Å²) in [4.78, 5) is 11.1. The third-order valence-corrected chi connectivity index (χ3v) is 3.70. The largest absolute Gasteiger partial charge is 0.490 e. The molecule has 2 unspecified atom stereocenters. The predicted molar refractivity (Wildman–Crippen MR) is 70.8 cm³/mol. The number of ether oxygens (including phenoxy) is 1. The SMILES string of the molecule is NCC1CCCC1Oc1ccc(C(N)=O)c(Cl)c1. The molecule has 2 atom stereocenters. The average Bonchev–Trinajstić information content (AvgIpc) is 2.76. The van der Waals surface area contributed by atoms with E-state index in [9.17, 15) is 4.79 Å². The van der Waals surface area contributed by atoms with Gasteiger partial charge in [0.1, 0.15) is 11.9 Å². The van der Waals surface area contributed by atoms with Crippen LogP contribution in [-0.4, -0.2) is 18.6 Å². The number of nitrogens with two attached hydrogens (primary N) is 2. The highest BCUT2D eigenvalue weighted by Gasteiger charge is 2.27. The highest BCUT2D eigenvalue weighted by Crippen LogP contribution is 2.30. The standard InChI is InChI=1S/C13H17ClN2O2/c14-11-6-9(4-5-10(11)13(16)17)18-12-3-1-2-8(12)7-15/h4-6,8,12H,1-3,7,15H2,(H2,16,17). The van der Waals surface area contributed by atoms with Gasteiger partial charge >= 0.3 is 0 Å². The molecule has 0 aliphatic heterocycles. The Hall–Kier alpha value is -1.26. The molecule has 1 aromatic carbocycles. The van der Waals surface area contributed by atoms with Gasteiger partial charge in [0.25, 0.3) is 0 Å². The van der Waals surface area contributed by atoms with Crippen molar-refractivity contribution in [1.29, 1.82) is 0 Å². The number of primary amides is 1. The number of rotatable bonds is 4. The molecule has 0 saturated heterocycles. The first-order valence-electron chi connectivity index (χ1n) is 6.08. The Labute approximate surface area is 111 Å². The van der Waals surface area contributed by atoms with Crippen LogP contribution in [-0.2, 0) is 0 Å². The average molecular weight is 269 g/mol. The van der Waals surface area contributed by atoms with Gasteiger partial charge in [-0.25, -0.2) is 0 Å². The van der Waals surface area contributed by atoms with Gasteiger partial charge in [0.15, 0.2) is 0 Å². The second kappa shape index (κ2) is 5.59. The Morgan fingerprint density at radius 1 is 1.44 bits per heavy atom. The van der Waals surface area contributed by atoms with E-state index in [1.807, 2.05) is 0 Å². The van der Waals surface area contributed by atoms with Gasteiger partial charge in [0, 0.05) is 5.92 Å². The van der Waals surface area contributed by atoms with Crippen molar-refractivity contribution in [3.05, 3.63) is 28.8 Å². The molecule has 1 aliphatic rings. The van der Waals surface area contributed by atoms with Crippen molar-refractivity contribution in [3.8, 4) is 5.75 Å². The van der Waals surface area contributed by atoms with Crippen molar-refractivity contribution >= 4 is 17.5 Å². The summed E-state index contributed by atoms with van der Waals surface area (Å²) in [5, 5.41) is 0.322. The minimum atomic E-state index is -0.535. The van der Waals surface area contributed by atoms with Gasteiger partial charge in [-0.1, -0.05) is 11.6 Å². The highest BCUT2D eigenvalue weighted by atomic mass is 35.5. The zero-order valence-electron chi connectivity index (χ0n) is 10.1. The number of halogens is 1. The van der Waals surface area contributed by atoms with Crippen LogP contribution in [0.15, 0.2) is 18.2 Å². The molecule has 98 valence electrons. The Bertz CT molecular complexity index is 451. The number of carbonyl (C=O) groups excluding carboxylic acids is 1. The van der Waals surface area contributed by atoms with Crippen LogP contribution in [0.2, 0.25) is 5.02 Å². The summed E-state index contributed by atoms with van der Waals surface area (Å²) < 4.78 is 5.88. The van der Waals surface area contributed by atoms with Gasteiger partial charge in [-0.2, -0.15) is 0 Å². The molecule has 1 saturated carbocycles. The summed E-state index contributed by atoms with van der Waals surface area (Å²) in [5.74, 6) is 0.530. The van der Waals surface area contributed by atoms with Crippen LogP contribution >= 0.6 is 11.6 Å². The van der Waals surface area contributed by atoms with Crippen molar-refractivity contribution in [2.45, 2.75) is 25.4 Å². The van der Waals surface area contributed by atoms with Crippen LogP contribution in [0.1, 0.15) is 29.6 Å². The molecule has 5 heteroatoms. The van der Waals surface area contributed by atoms with E-state index in [0.29, 0.717) is 28.8 Å². The molecule has 4 nitrogen and oxygen atoms in total. The fourth-order valence-corrected chi connectivity index (χ4v) is 2.64. The molecule has 0 heterocycles. The lowest BCUT2D eigenvalue weighted by Gasteiger charge is -2.20. The van der Waals surface area contributed by atoms with Gasteiger partial charge in [-0.05, 0) is 44.0 Å². The van der Waals surface area contributed by atoms with Gasteiger partial charge in [-0.3, -0.25) is 4.79 Å². The molecule has 0 aromatic heterocycles. The van der Waals surface area contributed by atoms with Crippen LogP contribution in [0.5, 0.6) is 5.75 Å². The van der Waals surface area contributed by atoms with E-state index in [1.165, 1.54) is 0 Å². The Morgan fingerprint density at radius 2 is 2.22 bits per heavy atom. The van der Waals surface area contributed by atoms with E-state index < -0.39 is 5.91 Å². The second-order valence-electron chi connectivity index (χ2n) is 4.59. The van der Waals surface area contributed by atoms with Crippen molar-refractivity contribution in [3.63, 3.8) is 0 Å². The first-order valence-corrected chi connectivity index (χ1v) is 6.45. The molecule has 0 spiro atoms. The van der Waals surface area contributed by atoms with E-state index in [-0.39, 0.29) is 6.10 Å². The van der Waals surface area contributed by atoms with Gasteiger partial charge < -0.3 is 16.2 Å². The minimum absolute atomic E-state index is 0.144. The second-order valence-corrected chi connectivity index (χ2v) is 5.00. The van der Waals surface area contributed by atoms with Crippen molar-refractivity contribution in [2.24, 2.45) is 17.4 Å². The van der Waals surface area contributed by atoms with E-state index >= 15 is 0 Å². The van der Waals surface area contributed by atoms with Gasteiger partial charge in [-0.15, -0.1) is 0 Å². The zero-order chi connectivity index (χ0) is 13.1. The van der Waals surface area contributed by atoms with E-state index in [1.54, 1.807) is 18.2 Å². The summed E-state index contributed by atoms with van der Waals surface area (Å²) in [6.07, 6.45) is 3.40. The van der Waals surface area contributed by atoms with E-state index in [2.05, 4.69) is 0 Å². The molecule has 1 aliphatic carbocycles. The molecule has 1 aromatic rings. The zero-order valence-corrected chi connectivity index (χ0v) is 10.8. The first kappa shape index (κ1) is 13.2. The normalized spacial score (nSPS) is 23.0. The maximum Gasteiger partial charge on any atom is 0.250 e. The topological polar surface area (TPSA) is 78.3 Å². The monoisotopic (exact) mass is 268 g/mol. The van der Waals surface area contributed by atoms with Gasteiger partial charge in [0.2, 0.25) is 5.91 Å². The van der Waals surface area contributed by atoms with Crippen molar-refractivity contribution in [1.82, 2.24) is 0 Å². The smallest absolute Gasteiger partial charge is 0.250 e. The van der Waals surface area contributed by atoms with E-state index in [4.69, 9.17) is 27.8 Å². The Morgan fingerprint density at radius 3 is 2.83 bits per heavy atom. The summed E-state index contributed by atoms with van der Waals surface area (Å²) in [7, 11) is 0. The third-order valence-electron chi connectivity index (χ3n) is 3.39. The quantitative estimate of drug-likeness (QED) is 0.876. The van der Waals surface area contributed by atoms with Crippen LogP contribution in [0, 0.1) is 5.92 Å². The minimum Gasteiger partial charge on any atom is -0.490 e. The number of carbonyl (C=O) groups is 1. The summed E-state index contributed by atoms with van der Waals surface area (Å²) in [5.41, 5.74) is 11.2. The molecule has 0 bridgehead atoms. The number of amides is 1. The van der Waals surface area contributed by atoms with Crippen molar-refractivity contribution in [2.75, 3.05) is 6.54 Å². The fourth-order valence-electron chi connectivity index (χ4n) is 2.37. The Kier molecular flexibility index (Phi) is 4.09. The predicted octanol–water partition coefficient (Wildman–Crippen LogP) is 1.95. The molecule has 1 amide bonds. The summed E-state index contributed by atoms with van der Waals surface area (Å²) in [6.45, 7) is 0.637. The van der Waals surface area contributed by atoms with Crippen LogP contribution in [0.3, 0.4) is 0 Å². The van der Waals surface area contributed by atoms with Gasteiger partial charge in [0.05, 0.1) is 10.6 Å². The molecule has 1 fully saturated rings. The number of hydrogen-bond acceptors (Lipinski definition) is 3. The maximum absolute atomic E-state index is 11.1. The molecular formula is C13H17ClN2O2. The summed E-state index contributed by atoms with van der Waals surface area (Å²) >= 11 is 5.97. The van der Waals surface area contributed by atoms with Crippen molar-refractivity contribution < 1.29 is 9.53 Å². The molecule has 4 N–H and O–H groups in total. The fraction of sp³-hybridized carbons (Fsp3) is 0.462. The number of hydrogen-bond donors (Lipinski definition) is 2.